The monoisotopic (exact) mass is 276 g/mol. The summed E-state index contributed by atoms with van der Waals surface area (Å²) in [6, 6.07) is 0.769. The number of hydrogen-bond donors (Lipinski definition) is 1. The first-order valence-corrected chi connectivity index (χ1v) is 8.98. The van der Waals surface area contributed by atoms with Crippen LogP contribution in [0.1, 0.15) is 71.1 Å². The summed E-state index contributed by atoms with van der Waals surface area (Å²) >= 11 is 0. The molecule has 1 saturated carbocycles. The van der Waals surface area contributed by atoms with Crippen LogP contribution in [0.4, 0.5) is 0 Å². The van der Waals surface area contributed by atoms with Gasteiger partial charge in [0.1, 0.15) is 0 Å². The maximum absolute atomic E-state index is 3.91. The van der Waals surface area contributed by atoms with Crippen LogP contribution in [-0.2, 0) is 0 Å². The number of rotatable bonds is 4. The fourth-order valence-corrected chi connectivity index (χ4v) is 4.51. The van der Waals surface area contributed by atoms with Gasteiger partial charge in [-0.1, -0.05) is 31.4 Å². The summed E-state index contributed by atoms with van der Waals surface area (Å²) in [6.07, 6.45) is 16.4. The fourth-order valence-electron chi connectivity index (χ4n) is 4.51. The minimum atomic E-state index is 0.479. The maximum Gasteiger partial charge on any atom is 0.0309 e. The van der Waals surface area contributed by atoms with Crippen LogP contribution >= 0.6 is 0 Å². The predicted octanol–water partition coefficient (Wildman–Crippen LogP) is 3.87. The number of hydrogen-bond acceptors (Lipinski definition) is 2. The number of nitrogens with zero attached hydrogens (tertiary/aromatic N) is 1. The Balaban J connectivity index is 1.57. The molecular formula is C18H32N2. The normalized spacial score (nSPS) is 30.6. The SMILES string of the molecule is CCC1CNC2(CCCC2)CN1CCC1=CCCCC1. The van der Waals surface area contributed by atoms with Crippen molar-refractivity contribution in [3.05, 3.63) is 11.6 Å². The molecule has 3 rings (SSSR count). The molecule has 2 heteroatoms. The molecule has 114 valence electrons. The van der Waals surface area contributed by atoms with Gasteiger partial charge < -0.3 is 5.32 Å². The van der Waals surface area contributed by atoms with E-state index >= 15 is 0 Å². The molecule has 1 aliphatic heterocycles. The van der Waals surface area contributed by atoms with Crippen LogP contribution in [0, 0.1) is 0 Å². The third-order valence-electron chi connectivity index (χ3n) is 5.87. The number of allylic oxidation sites excluding steroid dienone is 1. The Labute approximate surface area is 125 Å². The minimum Gasteiger partial charge on any atom is -0.308 e. The third kappa shape index (κ3) is 3.28. The Morgan fingerprint density at radius 1 is 1.25 bits per heavy atom. The molecule has 0 bridgehead atoms. The zero-order chi connectivity index (χ0) is 13.8. The van der Waals surface area contributed by atoms with Gasteiger partial charge in [0.25, 0.3) is 0 Å². The molecule has 0 aromatic carbocycles. The lowest BCUT2D eigenvalue weighted by Gasteiger charge is -2.46. The van der Waals surface area contributed by atoms with Crippen molar-refractivity contribution in [2.24, 2.45) is 0 Å². The highest BCUT2D eigenvalue weighted by molar-refractivity contribution is 5.07. The highest BCUT2D eigenvalue weighted by Crippen LogP contribution is 2.34. The highest BCUT2D eigenvalue weighted by atomic mass is 15.3. The van der Waals surface area contributed by atoms with E-state index in [-0.39, 0.29) is 0 Å². The van der Waals surface area contributed by atoms with Gasteiger partial charge in [-0.2, -0.15) is 0 Å². The molecule has 2 aliphatic carbocycles. The van der Waals surface area contributed by atoms with Crippen molar-refractivity contribution in [1.29, 1.82) is 0 Å². The Morgan fingerprint density at radius 2 is 2.10 bits per heavy atom. The maximum atomic E-state index is 3.91. The smallest absolute Gasteiger partial charge is 0.0309 e. The molecule has 1 N–H and O–H groups in total. The Bertz CT molecular complexity index is 341. The Morgan fingerprint density at radius 3 is 2.80 bits per heavy atom. The molecule has 0 aromatic heterocycles. The minimum absolute atomic E-state index is 0.479. The topological polar surface area (TPSA) is 15.3 Å². The van der Waals surface area contributed by atoms with E-state index in [0.29, 0.717) is 5.54 Å². The van der Waals surface area contributed by atoms with Crippen molar-refractivity contribution in [3.63, 3.8) is 0 Å². The number of nitrogens with one attached hydrogen (secondary N) is 1. The van der Waals surface area contributed by atoms with E-state index in [2.05, 4.69) is 23.2 Å². The van der Waals surface area contributed by atoms with Gasteiger partial charge in [-0.15, -0.1) is 0 Å². The van der Waals surface area contributed by atoms with Crippen molar-refractivity contribution in [2.75, 3.05) is 19.6 Å². The van der Waals surface area contributed by atoms with Crippen LogP contribution < -0.4 is 5.32 Å². The Hall–Kier alpha value is -0.340. The van der Waals surface area contributed by atoms with Crippen molar-refractivity contribution in [1.82, 2.24) is 10.2 Å². The van der Waals surface area contributed by atoms with Crippen molar-refractivity contribution in [2.45, 2.75) is 82.7 Å². The number of piperazine rings is 1. The molecule has 0 aromatic rings. The van der Waals surface area contributed by atoms with Crippen LogP contribution in [0.25, 0.3) is 0 Å². The Kier molecular flexibility index (Phi) is 4.83. The summed E-state index contributed by atoms with van der Waals surface area (Å²) in [7, 11) is 0. The molecule has 20 heavy (non-hydrogen) atoms. The molecule has 3 aliphatic rings. The van der Waals surface area contributed by atoms with Crippen LogP contribution in [0.5, 0.6) is 0 Å². The molecule has 1 spiro atoms. The first kappa shape index (κ1) is 14.6. The van der Waals surface area contributed by atoms with E-state index in [9.17, 15) is 0 Å². The van der Waals surface area contributed by atoms with Gasteiger partial charge in [-0.3, -0.25) is 4.90 Å². The van der Waals surface area contributed by atoms with Crippen LogP contribution in [-0.4, -0.2) is 36.1 Å². The zero-order valence-corrected chi connectivity index (χ0v) is 13.3. The lowest BCUT2D eigenvalue weighted by molar-refractivity contribution is 0.0791. The summed E-state index contributed by atoms with van der Waals surface area (Å²) in [5.74, 6) is 0. The second-order valence-corrected chi connectivity index (χ2v) is 7.26. The average Bonchev–Trinajstić information content (AvgIpc) is 2.94. The van der Waals surface area contributed by atoms with Crippen molar-refractivity contribution < 1.29 is 0 Å². The largest absolute Gasteiger partial charge is 0.308 e. The lowest BCUT2D eigenvalue weighted by Crippen LogP contribution is -2.63. The summed E-state index contributed by atoms with van der Waals surface area (Å²) < 4.78 is 0. The predicted molar refractivity (Wildman–Crippen MR) is 86.0 cm³/mol. The van der Waals surface area contributed by atoms with Crippen molar-refractivity contribution in [3.8, 4) is 0 Å². The highest BCUT2D eigenvalue weighted by Gasteiger charge is 2.40. The van der Waals surface area contributed by atoms with Gasteiger partial charge in [0.2, 0.25) is 0 Å². The molecule has 1 saturated heterocycles. The molecular weight excluding hydrogens is 244 g/mol. The summed E-state index contributed by atoms with van der Waals surface area (Å²) in [4.78, 5) is 2.82. The van der Waals surface area contributed by atoms with Crippen molar-refractivity contribution >= 4 is 0 Å². The molecule has 2 fully saturated rings. The summed E-state index contributed by atoms with van der Waals surface area (Å²) in [5.41, 5.74) is 2.22. The fraction of sp³-hybridized carbons (Fsp3) is 0.889. The van der Waals surface area contributed by atoms with E-state index in [1.807, 2.05) is 0 Å². The molecule has 1 atom stereocenters. The zero-order valence-electron chi connectivity index (χ0n) is 13.3. The van der Waals surface area contributed by atoms with Crippen LogP contribution in [0.15, 0.2) is 11.6 Å². The van der Waals surface area contributed by atoms with E-state index in [1.54, 1.807) is 5.57 Å². The first-order chi connectivity index (χ1) is 9.81. The molecule has 1 heterocycles. The lowest BCUT2D eigenvalue weighted by atomic mass is 9.90. The second kappa shape index (κ2) is 6.62. The van der Waals surface area contributed by atoms with E-state index in [1.165, 1.54) is 83.8 Å². The van der Waals surface area contributed by atoms with E-state index in [0.717, 1.165) is 6.04 Å². The van der Waals surface area contributed by atoms with Gasteiger partial charge in [0.15, 0.2) is 0 Å². The summed E-state index contributed by atoms with van der Waals surface area (Å²) in [5, 5.41) is 3.91. The molecule has 0 radical (unpaired) electrons. The summed E-state index contributed by atoms with van der Waals surface area (Å²) in [6.45, 7) is 6.17. The molecule has 0 amide bonds. The molecule has 2 nitrogen and oxygen atoms in total. The second-order valence-electron chi connectivity index (χ2n) is 7.26. The average molecular weight is 276 g/mol. The van der Waals surface area contributed by atoms with Gasteiger partial charge >= 0.3 is 0 Å². The third-order valence-corrected chi connectivity index (χ3v) is 5.87. The standard InChI is InChI=1S/C18H32N2/c1-2-17-14-19-18(11-6-7-12-18)15-20(17)13-10-16-8-4-3-5-9-16/h8,17,19H,2-7,9-15H2,1H3. The van der Waals surface area contributed by atoms with Crippen LogP contribution in [0.3, 0.4) is 0 Å². The van der Waals surface area contributed by atoms with E-state index < -0.39 is 0 Å². The first-order valence-electron chi connectivity index (χ1n) is 8.98. The van der Waals surface area contributed by atoms with Gasteiger partial charge in [-0.25, -0.2) is 0 Å². The van der Waals surface area contributed by atoms with Gasteiger partial charge in [0, 0.05) is 31.2 Å². The van der Waals surface area contributed by atoms with Gasteiger partial charge in [0.05, 0.1) is 0 Å². The van der Waals surface area contributed by atoms with Gasteiger partial charge in [-0.05, 0) is 51.4 Å². The van der Waals surface area contributed by atoms with E-state index in [4.69, 9.17) is 0 Å². The molecule has 1 unspecified atom stereocenters. The van der Waals surface area contributed by atoms with Crippen LogP contribution in [0.2, 0.25) is 0 Å². The quantitative estimate of drug-likeness (QED) is 0.784.